The maximum Gasteiger partial charge on any atom is 0.269 e. The molecule has 0 saturated heterocycles. The SMILES string of the molecule is Cc1ccc(N(C)S(=O)(=O)c2cn(C)nc2N)cc1. The highest BCUT2D eigenvalue weighted by Gasteiger charge is 2.26. The van der Waals surface area contributed by atoms with Gasteiger partial charge < -0.3 is 5.73 Å². The summed E-state index contributed by atoms with van der Waals surface area (Å²) in [7, 11) is -0.571. The topological polar surface area (TPSA) is 81.2 Å². The van der Waals surface area contributed by atoms with E-state index < -0.39 is 10.0 Å². The van der Waals surface area contributed by atoms with E-state index >= 15 is 0 Å². The zero-order valence-electron chi connectivity index (χ0n) is 11.0. The van der Waals surface area contributed by atoms with Crippen LogP contribution in [0.25, 0.3) is 0 Å². The lowest BCUT2D eigenvalue weighted by atomic mass is 10.2. The van der Waals surface area contributed by atoms with Gasteiger partial charge in [-0.2, -0.15) is 5.10 Å². The molecule has 2 rings (SSSR count). The summed E-state index contributed by atoms with van der Waals surface area (Å²) < 4.78 is 27.5. The lowest BCUT2D eigenvalue weighted by molar-refractivity contribution is 0.594. The third-order valence-corrected chi connectivity index (χ3v) is 4.66. The molecule has 102 valence electrons. The standard InChI is InChI=1S/C12H16N4O2S/c1-9-4-6-10(7-5-9)16(3)19(17,18)11-8-15(2)14-12(11)13/h4-8H,1-3H3,(H2,13,14). The van der Waals surface area contributed by atoms with Gasteiger partial charge in [0, 0.05) is 20.3 Å². The molecule has 0 aliphatic rings. The fourth-order valence-electron chi connectivity index (χ4n) is 1.72. The fourth-order valence-corrected chi connectivity index (χ4v) is 3.01. The summed E-state index contributed by atoms with van der Waals surface area (Å²) in [5.74, 6) is 0.00135. The van der Waals surface area contributed by atoms with E-state index in [1.165, 1.54) is 22.2 Å². The number of nitrogen functional groups attached to an aromatic ring is 1. The number of hydrogen-bond donors (Lipinski definition) is 1. The van der Waals surface area contributed by atoms with E-state index in [-0.39, 0.29) is 10.7 Å². The Hall–Kier alpha value is -2.02. The van der Waals surface area contributed by atoms with Crippen molar-refractivity contribution in [1.82, 2.24) is 9.78 Å². The second-order valence-corrected chi connectivity index (χ2v) is 6.30. The lowest BCUT2D eigenvalue weighted by Gasteiger charge is -2.18. The van der Waals surface area contributed by atoms with Crippen molar-refractivity contribution in [1.29, 1.82) is 0 Å². The molecule has 2 N–H and O–H groups in total. The summed E-state index contributed by atoms with van der Waals surface area (Å²) in [4.78, 5) is 0.0121. The van der Waals surface area contributed by atoms with Crippen molar-refractivity contribution >= 4 is 21.5 Å². The van der Waals surface area contributed by atoms with Gasteiger partial charge in [0.05, 0.1) is 5.69 Å². The van der Waals surface area contributed by atoms with Crippen LogP contribution in [0.3, 0.4) is 0 Å². The van der Waals surface area contributed by atoms with E-state index in [1.807, 2.05) is 19.1 Å². The van der Waals surface area contributed by atoms with Crippen LogP contribution in [0.15, 0.2) is 35.4 Å². The van der Waals surface area contributed by atoms with Crippen LogP contribution in [0.4, 0.5) is 11.5 Å². The number of sulfonamides is 1. The Morgan fingerprint density at radius 1 is 1.26 bits per heavy atom. The Morgan fingerprint density at radius 2 is 1.84 bits per heavy atom. The predicted octanol–water partition coefficient (Wildman–Crippen LogP) is 1.14. The van der Waals surface area contributed by atoms with Crippen molar-refractivity contribution in [3.8, 4) is 0 Å². The van der Waals surface area contributed by atoms with E-state index in [0.717, 1.165) is 5.56 Å². The molecule has 0 aliphatic carbocycles. The quantitative estimate of drug-likeness (QED) is 0.914. The zero-order valence-corrected chi connectivity index (χ0v) is 11.8. The first-order valence-electron chi connectivity index (χ1n) is 5.67. The van der Waals surface area contributed by atoms with Gasteiger partial charge in [-0.1, -0.05) is 17.7 Å². The molecule has 1 aromatic carbocycles. The van der Waals surface area contributed by atoms with E-state index in [9.17, 15) is 8.42 Å². The molecule has 1 heterocycles. The van der Waals surface area contributed by atoms with E-state index in [1.54, 1.807) is 19.2 Å². The molecule has 0 spiro atoms. The molecular weight excluding hydrogens is 264 g/mol. The van der Waals surface area contributed by atoms with Crippen LogP contribution in [-0.2, 0) is 17.1 Å². The molecule has 0 atom stereocenters. The second kappa shape index (κ2) is 4.58. The Morgan fingerprint density at radius 3 is 2.32 bits per heavy atom. The van der Waals surface area contributed by atoms with Crippen LogP contribution in [0, 0.1) is 6.92 Å². The first kappa shape index (κ1) is 13.4. The van der Waals surface area contributed by atoms with Gasteiger partial charge in [0.25, 0.3) is 10.0 Å². The molecule has 0 unspecified atom stereocenters. The number of rotatable bonds is 3. The molecule has 0 amide bonds. The molecule has 7 heteroatoms. The minimum Gasteiger partial charge on any atom is -0.381 e. The monoisotopic (exact) mass is 280 g/mol. The molecule has 19 heavy (non-hydrogen) atoms. The van der Waals surface area contributed by atoms with Crippen molar-refractivity contribution in [2.45, 2.75) is 11.8 Å². The summed E-state index contributed by atoms with van der Waals surface area (Å²) in [5, 5.41) is 3.86. The number of nitrogens with two attached hydrogens (primary N) is 1. The van der Waals surface area contributed by atoms with Gasteiger partial charge in [-0.3, -0.25) is 8.99 Å². The minimum absolute atomic E-state index is 0.00135. The number of benzene rings is 1. The molecule has 0 fully saturated rings. The van der Waals surface area contributed by atoms with E-state index in [4.69, 9.17) is 5.73 Å². The van der Waals surface area contributed by atoms with Crippen LogP contribution in [-0.4, -0.2) is 25.2 Å². The van der Waals surface area contributed by atoms with Crippen LogP contribution in [0.2, 0.25) is 0 Å². The summed E-state index contributed by atoms with van der Waals surface area (Å²) in [6.45, 7) is 1.94. The van der Waals surface area contributed by atoms with Crippen molar-refractivity contribution in [2.24, 2.45) is 7.05 Å². The van der Waals surface area contributed by atoms with Crippen molar-refractivity contribution in [2.75, 3.05) is 17.1 Å². The Labute approximate surface area is 112 Å². The van der Waals surface area contributed by atoms with Crippen LogP contribution < -0.4 is 10.0 Å². The van der Waals surface area contributed by atoms with Crippen LogP contribution in [0.5, 0.6) is 0 Å². The molecule has 6 nitrogen and oxygen atoms in total. The summed E-state index contributed by atoms with van der Waals surface area (Å²) >= 11 is 0. The predicted molar refractivity (Wildman–Crippen MR) is 74.4 cm³/mol. The van der Waals surface area contributed by atoms with Crippen molar-refractivity contribution in [3.63, 3.8) is 0 Å². The van der Waals surface area contributed by atoms with Gasteiger partial charge in [-0.15, -0.1) is 0 Å². The molecular formula is C12H16N4O2S. The fraction of sp³-hybridized carbons (Fsp3) is 0.250. The van der Waals surface area contributed by atoms with Crippen molar-refractivity contribution < 1.29 is 8.42 Å². The first-order chi connectivity index (χ1) is 8.82. The number of nitrogens with zero attached hydrogens (tertiary/aromatic N) is 3. The normalized spacial score (nSPS) is 11.5. The average Bonchev–Trinajstić information content (AvgIpc) is 2.69. The highest BCUT2D eigenvalue weighted by Crippen LogP contribution is 2.25. The summed E-state index contributed by atoms with van der Waals surface area (Å²) in [5.41, 5.74) is 7.27. The van der Waals surface area contributed by atoms with E-state index in [0.29, 0.717) is 5.69 Å². The van der Waals surface area contributed by atoms with Crippen LogP contribution >= 0.6 is 0 Å². The number of aryl methyl sites for hydroxylation is 2. The summed E-state index contributed by atoms with van der Waals surface area (Å²) in [6, 6.07) is 7.21. The van der Waals surface area contributed by atoms with Gasteiger partial charge in [-0.05, 0) is 19.1 Å². The lowest BCUT2D eigenvalue weighted by Crippen LogP contribution is -2.26. The minimum atomic E-state index is -3.69. The Balaban J connectivity index is 2.45. The molecule has 0 aliphatic heterocycles. The first-order valence-corrected chi connectivity index (χ1v) is 7.11. The van der Waals surface area contributed by atoms with Crippen LogP contribution in [0.1, 0.15) is 5.56 Å². The Kier molecular flexibility index (Phi) is 3.23. The zero-order chi connectivity index (χ0) is 14.2. The summed E-state index contributed by atoms with van der Waals surface area (Å²) in [6.07, 6.45) is 1.40. The molecule has 0 radical (unpaired) electrons. The highest BCUT2D eigenvalue weighted by molar-refractivity contribution is 7.93. The third kappa shape index (κ3) is 2.41. The maximum absolute atomic E-state index is 12.4. The Bertz CT molecular complexity index is 689. The average molecular weight is 280 g/mol. The van der Waals surface area contributed by atoms with Gasteiger partial charge in [0.15, 0.2) is 5.82 Å². The van der Waals surface area contributed by atoms with E-state index in [2.05, 4.69) is 5.10 Å². The molecule has 1 aromatic heterocycles. The highest BCUT2D eigenvalue weighted by atomic mass is 32.2. The van der Waals surface area contributed by atoms with Gasteiger partial charge in [-0.25, -0.2) is 8.42 Å². The second-order valence-electron chi connectivity index (χ2n) is 4.36. The third-order valence-electron chi connectivity index (χ3n) is 2.86. The number of anilines is 2. The molecule has 2 aromatic rings. The molecule has 0 saturated carbocycles. The number of aromatic nitrogens is 2. The van der Waals surface area contributed by atoms with Gasteiger partial charge in [0.2, 0.25) is 0 Å². The van der Waals surface area contributed by atoms with Crippen molar-refractivity contribution in [3.05, 3.63) is 36.0 Å². The largest absolute Gasteiger partial charge is 0.381 e. The van der Waals surface area contributed by atoms with Gasteiger partial charge in [0.1, 0.15) is 4.90 Å². The van der Waals surface area contributed by atoms with Gasteiger partial charge >= 0.3 is 0 Å². The molecule has 0 bridgehead atoms. The smallest absolute Gasteiger partial charge is 0.269 e. The maximum atomic E-state index is 12.4. The number of hydrogen-bond acceptors (Lipinski definition) is 4.